The molecule has 0 spiro atoms. The fourth-order valence-electron chi connectivity index (χ4n) is 1.62. The Labute approximate surface area is 98.2 Å². The maximum absolute atomic E-state index is 11.9. The number of carbonyl (C=O) groups is 1. The van der Waals surface area contributed by atoms with Gasteiger partial charge in [0, 0.05) is 6.20 Å². The molecule has 4 nitrogen and oxygen atoms in total. The molecular weight excluding hydrogens is 226 g/mol. The molecule has 1 aromatic heterocycles. The lowest BCUT2D eigenvalue weighted by Gasteiger charge is -2.33. The van der Waals surface area contributed by atoms with Crippen LogP contribution >= 0.6 is 11.6 Å². The van der Waals surface area contributed by atoms with Crippen LogP contribution in [-0.4, -0.2) is 10.9 Å². The summed E-state index contributed by atoms with van der Waals surface area (Å²) >= 11 is 5.86. The Morgan fingerprint density at radius 1 is 1.62 bits per heavy atom. The summed E-state index contributed by atoms with van der Waals surface area (Å²) in [5, 5.41) is 12.0. The lowest BCUT2D eigenvalue weighted by Crippen LogP contribution is -2.40. The van der Waals surface area contributed by atoms with E-state index in [1.165, 1.54) is 0 Å². The molecular formula is C11H10ClN3O. The van der Waals surface area contributed by atoms with Gasteiger partial charge >= 0.3 is 0 Å². The highest BCUT2D eigenvalue weighted by molar-refractivity contribution is 6.33. The van der Waals surface area contributed by atoms with Crippen molar-refractivity contribution in [2.24, 2.45) is 5.41 Å². The first kappa shape index (κ1) is 10.9. The maximum Gasteiger partial charge on any atom is 0.246 e. The molecule has 0 saturated heterocycles. The minimum absolute atomic E-state index is 0.304. The zero-order valence-electron chi connectivity index (χ0n) is 8.53. The number of nitrogens with one attached hydrogen (secondary N) is 1. The highest BCUT2D eigenvalue weighted by Crippen LogP contribution is 2.41. The number of nitriles is 1. The summed E-state index contributed by atoms with van der Waals surface area (Å²) in [7, 11) is 0. The van der Waals surface area contributed by atoms with Gasteiger partial charge in [-0.1, -0.05) is 11.6 Å². The van der Waals surface area contributed by atoms with E-state index in [4.69, 9.17) is 16.9 Å². The van der Waals surface area contributed by atoms with E-state index in [1.54, 1.807) is 18.3 Å². The van der Waals surface area contributed by atoms with E-state index in [-0.39, 0.29) is 5.91 Å². The third-order valence-corrected chi connectivity index (χ3v) is 3.15. The van der Waals surface area contributed by atoms with Gasteiger partial charge in [0.1, 0.15) is 5.41 Å². The molecule has 0 bridgehead atoms. The standard InChI is InChI=1S/C11H10ClN3O/c12-8-3-1-6-14-9(8)15-10(16)11(7-13)4-2-5-11/h1,3,6H,2,4-5H2,(H,14,15,16). The lowest BCUT2D eigenvalue weighted by atomic mass is 9.69. The molecule has 16 heavy (non-hydrogen) atoms. The van der Waals surface area contributed by atoms with E-state index in [1.807, 2.05) is 0 Å². The summed E-state index contributed by atoms with van der Waals surface area (Å²) < 4.78 is 0. The molecule has 1 aliphatic rings. The molecule has 2 rings (SSSR count). The molecule has 0 atom stereocenters. The van der Waals surface area contributed by atoms with Crippen molar-refractivity contribution in [2.45, 2.75) is 19.3 Å². The van der Waals surface area contributed by atoms with Gasteiger partial charge in [0.05, 0.1) is 11.1 Å². The van der Waals surface area contributed by atoms with E-state index >= 15 is 0 Å². The van der Waals surface area contributed by atoms with E-state index < -0.39 is 5.41 Å². The minimum Gasteiger partial charge on any atom is -0.308 e. The topological polar surface area (TPSA) is 65.8 Å². The van der Waals surface area contributed by atoms with Crippen LogP contribution in [0.15, 0.2) is 18.3 Å². The summed E-state index contributed by atoms with van der Waals surface area (Å²) in [6, 6.07) is 5.40. The van der Waals surface area contributed by atoms with Crippen molar-refractivity contribution in [2.75, 3.05) is 5.32 Å². The zero-order chi connectivity index (χ0) is 11.6. The van der Waals surface area contributed by atoms with Crippen molar-refractivity contribution in [3.8, 4) is 6.07 Å². The zero-order valence-corrected chi connectivity index (χ0v) is 9.29. The number of hydrogen-bond acceptors (Lipinski definition) is 3. The van der Waals surface area contributed by atoms with Crippen LogP contribution in [0.3, 0.4) is 0 Å². The molecule has 1 heterocycles. The molecule has 0 unspecified atom stereocenters. The summed E-state index contributed by atoms with van der Waals surface area (Å²) in [6.45, 7) is 0. The summed E-state index contributed by atoms with van der Waals surface area (Å²) in [6.07, 6.45) is 3.68. The van der Waals surface area contributed by atoms with Crippen LogP contribution in [0.25, 0.3) is 0 Å². The first-order valence-corrected chi connectivity index (χ1v) is 5.39. The third-order valence-electron chi connectivity index (χ3n) is 2.85. The third kappa shape index (κ3) is 1.74. The van der Waals surface area contributed by atoms with Crippen LogP contribution in [-0.2, 0) is 4.79 Å². The molecule has 0 radical (unpaired) electrons. The smallest absolute Gasteiger partial charge is 0.246 e. The molecule has 1 fully saturated rings. The van der Waals surface area contributed by atoms with Crippen molar-refractivity contribution < 1.29 is 4.79 Å². The number of pyridine rings is 1. The fourth-order valence-corrected chi connectivity index (χ4v) is 1.79. The second kappa shape index (κ2) is 4.11. The van der Waals surface area contributed by atoms with E-state index in [0.29, 0.717) is 23.7 Å². The van der Waals surface area contributed by atoms with Crippen molar-refractivity contribution in [1.29, 1.82) is 5.26 Å². The Morgan fingerprint density at radius 3 is 2.88 bits per heavy atom. The maximum atomic E-state index is 11.9. The SMILES string of the molecule is N#CC1(C(=O)Nc2ncccc2Cl)CCC1. The van der Waals surface area contributed by atoms with Crippen LogP contribution in [0.1, 0.15) is 19.3 Å². The minimum atomic E-state index is -0.874. The summed E-state index contributed by atoms with van der Waals surface area (Å²) in [4.78, 5) is 15.8. The number of nitrogens with zero attached hydrogens (tertiary/aromatic N) is 2. The van der Waals surface area contributed by atoms with Gasteiger partial charge in [-0.05, 0) is 31.4 Å². The first-order valence-electron chi connectivity index (χ1n) is 5.01. The average Bonchev–Trinajstić information content (AvgIpc) is 2.21. The Kier molecular flexibility index (Phi) is 2.80. The molecule has 1 N–H and O–H groups in total. The predicted octanol–water partition coefficient (Wildman–Crippen LogP) is 2.37. The van der Waals surface area contributed by atoms with Crippen LogP contribution < -0.4 is 5.32 Å². The van der Waals surface area contributed by atoms with E-state index in [0.717, 1.165) is 6.42 Å². The first-order chi connectivity index (χ1) is 7.68. The molecule has 0 aromatic carbocycles. The molecule has 82 valence electrons. The fraction of sp³-hybridized carbons (Fsp3) is 0.364. The van der Waals surface area contributed by atoms with E-state index in [9.17, 15) is 4.79 Å². The van der Waals surface area contributed by atoms with Gasteiger partial charge in [-0.15, -0.1) is 0 Å². The highest BCUT2D eigenvalue weighted by atomic mass is 35.5. The van der Waals surface area contributed by atoms with Crippen molar-refractivity contribution >= 4 is 23.3 Å². The van der Waals surface area contributed by atoms with E-state index in [2.05, 4.69) is 16.4 Å². The van der Waals surface area contributed by atoms with Crippen molar-refractivity contribution in [1.82, 2.24) is 4.98 Å². The van der Waals surface area contributed by atoms with Gasteiger partial charge in [-0.25, -0.2) is 4.98 Å². The van der Waals surface area contributed by atoms with Crippen LogP contribution in [0.5, 0.6) is 0 Å². The monoisotopic (exact) mass is 235 g/mol. The number of amides is 1. The largest absolute Gasteiger partial charge is 0.308 e. The average molecular weight is 236 g/mol. The quantitative estimate of drug-likeness (QED) is 0.856. The molecule has 5 heteroatoms. The van der Waals surface area contributed by atoms with Crippen LogP contribution in [0.4, 0.5) is 5.82 Å². The predicted molar refractivity (Wildman–Crippen MR) is 59.8 cm³/mol. The van der Waals surface area contributed by atoms with Gasteiger partial charge in [-0.2, -0.15) is 5.26 Å². The van der Waals surface area contributed by atoms with Gasteiger partial charge in [-0.3, -0.25) is 4.79 Å². The summed E-state index contributed by atoms with van der Waals surface area (Å²) in [5.74, 6) is 0.0116. The lowest BCUT2D eigenvalue weighted by molar-refractivity contribution is -0.126. The highest BCUT2D eigenvalue weighted by Gasteiger charge is 2.44. The van der Waals surface area contributed by atoms with Gasteiger partial charge < -0.3 is 5.32 Å². The number of aromatic nitrogens is 1. The Morgan fingerprint density at radius 2 is 2.38 bits per heavy atom. The van der Waals surface area contributed by atoms with Gasteiger partial charge in [0.25, 0.3) is 0 Å². The van der Waals surface area contributed by atoms with Crippen molar-refractivity contribution in [3.63, 3.8) is 0 Å². The number of halogens is 1. The molecule has 1 saturated carbocycles. The second-order valence-corrected chi connectivity index (χ2v) is 4.24. The number of hydrogen-bond donors (Lipinski definition) is 1. The van der Waals surface area contributed by atoms with Crippen LogP contribution in [0.2, 0.25) is 5.02 Å². The molecule has 1 aromatic rings. The van der Waals surface area contributed by atoms with Gasteiger partial charge in [0.15, 0.2) is 5.82 Å². The molecule has 0 aliphatic heterocycles. The number of anilines is 1. The Bertz CT molecular complexity index is 463. The van der Waals surface area contributed by atoms with Crippen LogP contribution in [0, 0.1) is 16.7 Å². The van der Waals surface area contributed by atoms with Gasteiger partial charge in [0.2, 0.25) is 5.91 Å². The second-order valence-electron chi connectivity index (χ2n) is 3.84. The summed E-state index contributed by atoms with van der Waals surface area (Å²) in [5.41, 5.74) is -0.874. The van der Waals surface area contributed by atoms with Crippen molar-refractivity contribution in [3.05, 3.63) is 23.4 Å². The Hall–Kier alpha value is -1.60. The number of carbonyl (C=O) groups excluding carboxylic acids is 1. The molecule has 1 aliphatic carbocycles. The normalized spacial score (nSPS) is 17.0. The Balaban J connectivity index is 2.14. The number of rotatable bonds is 2. The molecule has 1 amide bonds.